The minimum atomic E-state index is 0.590. The van der Waals surface area contributed by atoms with E-state index in [-0.39, 0.29) is 0 Å². The van der Waals surface area contributed by atoms with Crippen molar-refractivity contribution in [2.45, 2.75) is 13.1 Å². The van der Waals surface area contributed by atoms with Gasteiger partial charge in [0.25, 0.3) is 0 Å². The van der Waals surface area contributed by atoms with Crippen molar-refractivity contribution in [2.75, 3.05) is 11.9 Å². The van der Waals surface area contributed by atoms with Gasteiger partial charge in [-0.25, -0.2) is 0 Å². The van der Waals surface area contributed by atoms with E-state index in [1.54, 1.807) is 11.3 Å². The van der Waals surface area contributed by atoms with Gasteiger partial charge < -0.3 is 10.6 Å². The zero-order valence-corrected chi connectivity index (χ0v) is 12.1. The van der Waals surface area contributed by atoms with Crippen LogP contribution in [0.25, 0.3) is 0 Å². The zero-order valence-electron chi connectivity index (χ0n) is 9.69. The first-order chi connectivity index (χ1) is 8.19. The van der Waals surface area contributed by atoms with E-state index in [9.17, 15) is 0 Å². The summed E-state index contributed by atoms with van der Waals surface area (Å²) in [6, 6.07) is 10.5. The van der Waals surface area contributed by atoms with Gasteiger partial charge in [-0.1, -0.05) is 12.1 Å². The minimum Gasteiger partial charge on any atom is -0.369 e. The highest BCUT2D eigenvalue weighted by atomic mass is 79.9. The van der Waals surface area contributed by atoms with Crippen LogP contribution in [0.1, 0.15) is 10.4 Å². The molecule has 1 heterocycles. The van der Waals surface area contributed by atoms with Gasteiger partial charge in [-0.2, -0.15) is 0 Å². The molecule has 1 aromatic heterocycles. The molecule has 0 aliphatic carbocycles. The molecule has 0 aliphatic heterocycles. The smallest absolute Gasteiger partial charge is 0.0519 e. The Morgan fingerprint density at radius 3 is 2.82 bits per heavy atom. The monoisotopic (exact) mass is 310 g/mol. The van der Waals surface area contributed by atoms with Crippen molar-refractivity contribution in [3.8, 4) is 0 Å². The molecule has 0 radical (unpaired) electrons. The first kappa shape index (κ1) is 12.6. The number of nitrogens with two attached hydrogens (primary N) is 1. The average Bonchev–Trinajstić information content (AvgIpc) is 2.75. The number of rotatable bonds is 4. The lowest BCUT2D eigenvalue weighted by molar-refractivity contribution is 0.935. The maximum absolute atomic E-state index is 5.65. The number of nitrogens with zero attached hydrogens (tertiary/aromatic N) is 1. The van der Waals surface area contributed by atoms with Gasteiger partial charge in [0.2, 0.25) is 0 Å². The summed E-state index contributed by atoms with van der Waals surface area (Å²) in [6.07, 6.45) is 0. The lowest BCUT2D eigenvalue weighted by Crippen LogP contribution is -2.15. The number of thiophene rings is 1. The molecule has 17 heavy (non-hydrogen) atoms. The van der Waals surface area contributed by atoms with Gasteiger partial charge in [0.15, 0.2) is 0 Å². The van der Waals surface area contributed by atoms with Gasteiger partial charge >= 0.3 is 0 Å². The van der Waals surface area contributed by atoms with Gasteiger partial charge in [-0.15, -0.1) is 11.3 Å². The third-order valence-corrected chi connectivity index (χ3v) is 4.28. The lowest BCUT2D eigenvalue weighted by Gasteiger charge is -2.19. The number of benzene rings is 1. The van der Waals surface area contributed by atoms with Crippen LogP contribution >= 0.6 is 27.3 Å². The highest BCUT2D eigenvalue weighted by Crippen LogP contribution is 2.23. The molecular formula is C13H15BrN2S. The van der Waals surface area contributed by atoms with Gasteiger partial charge in [0.1, 0.15) is 0 Å². The van der Waals surface area contributed by atoms with E-state index in [1.807, 2.05) is 0 Å². The first-order valence-electron chi connectivity index (χ1n) is 5.42. The van der Waals surface area contributed by atoms with Crippen molar-refractivity contribution in [3.63, 3.8) is 0 Å². The summed E-state index contributed by atoms with van der Waals surface area (Å²) >= 11 is 5.25. The molecule has 2 nitrogen and oxygen atoms in total. The van der Waals surface area contributed by atoms with Crippen LogP contribution < -0.4 is 10.6 Å². The molecule has 0 aliphatic rings. The molecule has 0 spiro atoms. The fourth-order valence-corrected chi connectivity index (χ4v) is 3.19. The van der Waals surface area contributed by atoms with Gasteiger partial charge in [-0.05, 0) is 39.7 Å². The molecule has 0 amide bonds. The Morgan fingerprint density at radius 2 is 2.18 bits per heavy atom. The van der Waals surface area contributed by atoms with Crippen molar-refractivity contribution in [1.29, 1.82) is 0 Å². The van der Waals surface area contributed by atoms with E-state index in [1.165, 1.54) is 16.1 Å². The minimum absolute atomic E-state index is 0.590. The second-order valence-electron chi connectivity index (χ2n) is 3.96. The summed E-state index contributed by atoms with van der Waals surface area (Å²) in [5.74, 6) is 0. The van der Waals surface area contributed by atoms with Gasteiger partial charge in [0.05, 0.1) is 6.54 Å². The molecule has 0 saturated carbocycles. The van der Waals surface area contributed by atoms with Gasteiger partial charge in [0, 0.05) is 34.0 Å². The molecule has 1 aromatic carbocycles. The Balaban J connectivity index is 2.11. The third kappa shape index (κ3) is 3.31. The van der Waals surface area contributed by atoms with E-state index in [2.05, 4.69) is 63.6 Å². The zero-order chi connectivity index (χ0) is 12.3. The topological polar surface area (TPSA) is 29.3 Å². The fraction of sp³-hybridized carbons (Fsp3) is 0.231. The first-order valence-corrected chi connectivity index (χ1v) is 7.09. The highest BCUT2D eigenvalue weighted by molar-refractivity contribution is 9.10. The fourth-order valence-electron chi connectivity index (χ4n) is 1.68. The van der Waals surface area contributed by atoms with Crippen molar-refractivity contribution >= 4 is 33.0 Å². The maximum atomic E-state index is 5.65. The van der Waals surface area contributed by atoms with E-state index in [0.717, 1.165) is 11.0 Å². The van der Waals surface area contributed by atoms with Crippen molar-refractivity contribution in [2.24, 2.45) is 5.73 Å². The summed E-state index contributed by atoms with van der Waals surface area (Å²) in [7, 11) is 2.10. The molecule has 2 aromatic rings. The second-order valence-corrected chi connectivity index (χ2v) is 5.87. The van der Waals surface area contributed by atoms with Gasteiger partial charge in [-0.3, -0.25) is 0 Å². The van der Waals surface area contributed by atoms with Crippen LogP contribution in [0.3, 0.4) is 0 Å². The third-order valence-electron chi connectivity index (χ3n) is 2.60. The highest BCUT2D eigenvalue weighted by Gasteiger charge is 2.04. The van der Waals surface area contributed by atoms with E-state index < -0.39 is 0 Å². The Bertz CT molecular complexity index is 496. The van der Waals surface area contributed by atoms with E-state index in [0.29, 0.717) is 6.54 Å². The Hall–Kier alpha value is -0.840. The Labute approximate surface area is 114 Å². The molecule has 2 N–H and O–H groups in total. The summed E-state index contributed by atoms with van der Waals surface area (Å²) in [4.78, 5) is 3.58. The molecule has 2 rings (SSSR count). The summed E-state index contributed by atoms with van der Waals surface area (Å²) < 4.78 is 1.15. The molecule has 0 saturated heterocycles. The Kier molecular flexibility index (Phi) is 4.20. The van der Waals surface area contributed by atoms with Crippen LogP contribution in [-0.2, 0) is 13.1 Å². The number of anilines is 1. The van der Waals surface area contributed by atoms with E-state index in [4.69, 9.17) is 5.73 Å². The average molecular weight is 311 g/mol. The largest absolute Gasteiger partial charge is 0.369 e. The van der Waals surface area contributed by atoms with Crippen molar-refractivity contribution in [1.82, 2.24) is 0 Å². The van der Waals surface area contributed by atoms with Crippen LogP contribution in [0.5, 0.6) is 0 Å². The lowest BCUT2D eigenvalue weighted by atomic mass is 10.2. The second kappa shape index (κ2) is 5.67. The maximum Gasteiger partial charge on any atom is 0.0519 e. The molecular weight excluding hydrogens is 296 g/mol. The van der Waals surface area contributed by atoms with E-state index >= 15 is 0 Å². The summed E-state index contributed by atoms with van der Waals surface area (Å²) in [5, 5.41) is 2.11. The predicted octanol–water partition coefficient (Wildman–Crippen LogP) is 3.61. The molecule has 0 bridgehead atoms. The summed E-state index contributed by atoms with van der Waals surface area (Å²) in [5.41, 5.74) is 8.03. The van der Waals surface area contributed by atoms with Crippen LogP contribution in [0.2, 0.25) is 0 Å². The molecule has 0 atom stereocenters. The number of halogens is 1. The SMILES string of the molecule is CN(Cc1cc(Br)cs1)c1cccc(CN)c1. The predicted molar refractivity (Wildman–Crippen MR) is 78.5 cm³/mol. The molecule has 0 unspecified atom stereocenters. The molecule has 0 fully saturated rings. The quantitative estimate of drug-likeness (QED) is 0.935. The Morgan fingerprint density at radius 1 is 1.35 bits per heavy atom. The van der Waals surface area contributed by atoms with Crippen LogP contribution in [0.15, 0.2) is 40.2 Å². The number of hydrogen-bond donors (Lipinski definition) is 1. The normalized spacial score (nSPS) is 10.5. The standard InChI is InChI=1S/C13H15BrN2S/c1-16(8-13-6-11(14)9-17-13)12-4-2-3-10(5-12)7-15/h2-6,9H,7-8,15H2,1H3. The molecule has 90 valence electrons. The van der Waals surface area contributed by atoms with Crippen molar-refractivity contribution < 1.29 is 0 Å². The molecule has 4 heteroatoms. The van der Waals surface area contributed by atoms with Crippen molar-refractivity contribution in [3.05, 3.63) is 50.6 Å². The van der Waals surface area contributed by atoms with Crippen LogP contribution in [0, 0.1) is 0 Å². The van der Waals surface area contributed by atoms with Crippen LogP contribution in [0.4, 0.5) is 5.69 Å². The summed E-state index contributed by atoms with van der Waals surface area (Å²) in [6.45, 7) is 1.51. The number of hydrogen-bond acceptors (Lipinski definition) is 3. The van der Waals surface area contributed by atoms with Crippen LogP contribution in [-0.4, -0.2) is 7.05 Å².